The summed E-state index contributed by atoms with van der Waals surface area (Å²) in [6.45, 7) is 0. The topological polar surface area (TPSA) is 93.4 Å². The zero-order valence-corrected chi connectivity index (χ0v) is 17.4. The predicted molar refractivity (Wildman–Crippen MR) is 117 cm³/mol. The number of anilines is 1. The average Bonchev–Trinajstić information content (AvgIpc) is 3.55. The Morgan fingerprint density at radius 1 is 0.968 bits per heavy atom. The molecule has 0 unspecified atom stereocenters. The van der Waals surface area contributed by atoms with Crippen LogP contribution in [-0.4, -0.2) is 28.8 Å². The maximum absolute atomic E-state index is 12.5. The number of carbonyl (C=O) groups is 1. The average molecular weight is 433 g/mol. The van der Waals surface area contributed by atoms with Crippen LogP contribution in [0.2, 0.25) is 0 Å². The molecule has 5 rings (SSSR count). The molecule has 4 aromatic rings. The summed E-state index contributed by atoms with van der Waals surface area (Å²) in [5.41, 5.74) is 2.81. The number of benzene rings is 2. The second-order valence-electron chi connectivity index (χ2n) is 7.62. The third kappa shape index (κ3) is 4.06. The van der Waals surface area contributed by atoms with Crippen LogP contribution in [0.4, 0.5) is 5.69 Å². The highest BCUT2D eigenvalue weighted by atomic mass is 32.2. The first-order chi connectivity index (χ1) is 15.0. The van der Waals surface area contributed by atoms with Crippen molar-refractivity contribution in [3.05, 3.63) is 78.6 Å². The molecule has 8 heteroatoms. The number of aromatic nitrogens is 3. The highest BCUT2D eigenvalue weighted by Gasteiger charge is 2.30. The van der Waals surface area contributed by atoms with E-state index in [4.69, 9.17) is 0 Å². The van der Waals surface area contributed by atoms with E-state index in [1.54, 1.807) is 47.0 Å². The molecule has 1 aliphatic rings. The van der Waals surface area contributed by atoms with Gasteiger partial charge in [-0.25, -0.2) is 17.9 Å². The van der Waals surface area contributed by atoms with Gasteiger partial charge in [0.25, 0.3) is 10.0 Å². The van der Waals surface area contributed by atoms with Crippen LogP contribution in [0.25, 0.3) is 16.9 Å². The van der Waals surface area contributed by atoms with E-state index in [9.17, 15) is 13.2 Å². The van der Waals surface area contributed by atoms with Crippen LogP contribution < -0.4 is 4.72 Å². The number of rotatable bonds is 7. The first-order valence-electron chi connectivity index (χ1n) is 10.1. The lowest BCUT2D eigenvalue weighted by atomic mass is 10.1. The number of hydrogen-bond acceptors (Lipinski definition) is 5. The van der Waals surface area contributed by atoms with Gasteiger partial charge in [0, 0.05) is 17.2 Å². The molecule has 2 aromatic carbocycles. The maximum Gasteiger partial charge on any atom is 0.261 e. The summed E-state index contributed by atoms with van der Waals surface area (Å²) < 4.78 is 29.3. The molecule has 1 saturated carbocycles. The number of nitrogens with one attached hydrogen (secondary N) is 1. The van der Waals surface area contributed by atoms with Crippen LogP contribution in [0.15, 0.2) is 77.7 Å². The van der Waals surface area contributed by atoms with Gasteiger partial charge < -0.3 is 0 Å². The Morgan fingerprint density at radius 3 is 2.42 bits per heavy atom. The fraction of sp³-hybridized carbons (Fsp3) is 0.174. The Hall–Kier alpha value is -3.52. The third-order valence-electron chi connectivity index (χ3n) is 5.26. The van der Waals surface area contributed by atoms with Crippen molar-refractivity contribution >= 4 is 27.1 Å². The molecule has 1 fully saturated rings. The van der Waals surface area contributed by atoms with E-state index >= 15 is 0 Å². The molecule has 0 amide bonds. The van der Waals surface area contributed by atoms with E-state index in [0.29, 0.717) is 17.2 Å². The Balaban J connectivity index is 1.40. The van der Waals surface area contributed by atoms with Crippen molar-refractivity contribution in [2.45, 2.75) is 24.2 Å². The zero-order valence-electron chi connectivity index (χ0n) is 16.6. The van der Waals surface area contributed by atoms with Gasteiger partial charge >= 0.3 is 0 Å². The lowest BCUT2D eigenvalue weighted by Crippen LogP contribution is -2.12. The molecule has 0 aliphatic heterocycles. The molecule has 2 heterocycles. The number of ketones is 1. The summed E-state index contributed by atoms with van der Waals surface area (Å²) in [4.78, 5) is 16.8. The Kier molecular flexibility index (Phi) is 4.78. The highest BCUT2D eigenvalue weighted by Crippen LogP contribution is 2.31. The van der Waals surface area contributed by atoms with Crippen molar-refractivity contribution in [3.8, 4) is 11.3 Å². The van der Waals surface area contributed by atoms with Crippen LogP contribution in [0.1, 0.15) is 18.7 Å². The fourth-order valence-electron chi connectivity index (χ4n) is 3.47. The second-order valence-corrected chi connectivity index (χ2v) is 9.30. The molecule has 0 atom stereocenters. The normalized spacial score (nSPS) is 13.9. The molecular weight excluding hydrogens is 412 g/mol. The first kappa shape index (κ1) is 19.4. The van der Waals surface area contributed by atoms with E-state index in [1.165, 1.54) is 0 Å². The van der Waals surface area contributed by atoms with Crippen LogP contribution in [-0.2, 0) is 21.2 Å². The van der Waals surface area contributed by atoms with E-state index in [1.807, 2.05) is 30.3 Å². The van der Waals surface area contributed by atoms with E-state index in [2.05, 4.69) is 14.8 Å². The van der Waals surface area contributed by atoms with Crippen LogP contribution >= 0.6 is 0 Å². The maximum atomic E-state index is 12.5. The minimum absolute atomic E-state index is 0.179. The van der Waals surface area contributed by atoms with Crippen molar-refractivity contribution in [3.63, 3.8) is 0 Å². The molecule has 7 nitrogen and oxygen atoms in total. The number of pyridine rings is 1. The number of Topliss-reactive ketones (excluding diaryl/α,β-unsaturated/α-hetero) is 1. The number of sulfonamides is 1. The van der Waals surface area contributed by atoms with Crippen molar-refractivity contribution in [1.82, 2.24) is 14.6 Å². The molecule has 2 aromatic heterocycles. The van der Waals surface area contributed by atoms with Gasteiger partial charge in [-0.1, -0.05) is 36.4 Å². The summed E-state index contributed by atoms with van der Waals surface area (Å²) in [5.74, 6) is 0.905. The van der Waals surface area contributed by atoms with Gasteiger partial charge in [-0.2, -0.15) is 5.10 Å². The van der Waals surface area contributed by atoms with Gasteiger partial charge in [-0.3, -0.25) is 9.52 Å². The largest absolute Gasteiger partial charge is 0.299 e. The third-order valence-corrected chi connectivity index (χ3v) is 6.65. The van der Waals surface area contributed by atoms with Gasteiger partial charge in [0.2, 0.25) is 0 Å². The quantitative estimate of drug-likeness (QED) is 0.480. The van der Waals surface area contributed by atoms with Crippen LogP contribution in [0, 0.1) is 5.92 Å². The summed E-state index contributed by atoms with van der Waals surface area (Å²) in [6.07, 6.45) is 2.20. The van der Waals surface area contributed by atoms with Crippen molar-refractivity contribution in [2.24, 2.45) is 5.92 Å². The lowest BCUT2D eigenvalue weighted by molar-refractivity contribution is -0.119. The van der Waals surface area contributed by atoms with Crippen LogP contribution in [0.5, 0.6) is 0 Å². The first-order valence-corrected chi connectivity index (χ1v) is 11.5. The summed E-state index contributed by atoms with van der Waals surface area (Å²) >= 11 is 0. The fourth-order valence-corrected chi connectivity index (χ4v) is 4.55. The number of fused-ring (bicyclic) bond motifs is 1. The molecule has 0 saturated heterocycles. The molecule has 31 heavy (non-hydrogen) atoms. The lowest BCUT2D eigenvalue weighted by Gasteiger charge is -2.09. The standard InChI is InChI=1S/C23H20N4O3S/c28-21(17-9-10-17)15-22-24-23-8-4-7-20(27(23)25-22)16-11-13-18(14-12-16)26-31(29,30)19-5-2-1-3-6-19/h1-8,11-14,17,26H,9-10,15H2. The Morgan fingerprint density at radius 2 is 1.71 bits per heavy atom. The number of nitrogens with zero attached hydrogens (tertiary/aromatic N) is 3. The van der Waals surface area contributed by atoms with E-state index < -0.39 is 10.0 Å². The van der Waals surface area contributed by atoms with Gasteiger partial charge in [0.15, 0.2) is 11.5 Å². The Bertz CT molecular complexity index is 1360. The van der Waals surface area contributed by atoms with Gasteiger partial charge in [-0.05, 0) is 49.2 Å². The van der Waals surface area contributed by atoms with Gasteiger partial charge in [0.05, 0.1) is 17.0 Å². The number of carbonyl (C=O) groups excluding carboxylic acids is 1. The predicted octanol–water partition coefficient (Wildman–Crippen LogP) is 3.72. The molecule has 0 bridgehead atoms. The molecule has 0 spiro atoms. The molecule has 1 aliphatic carbocycles. The summed E-state index contributed by atoms with van der Waals surface area (Å²) in [5, 5.41) is 4.53. The minimum Gasteiger partial charge on any atom is -0.299 e. The second kappa shape index (κ2) is 7.63. The van der Waals surface area contributed by atoms with E-state index in [0.717, 1.165) is 24.1 Å². The monoisotopic (exact) mass is 432 g/mol. The SMILES string of the molecule is O=C(Cc1nc2cccc(-c3ccc(NS(=O)(=O)c4ccccc4)cc3)n2n1)C1CC1. The Labute approximate surface area is 179 Å². The highest BCUT2D eigenvalue weighted by molar-refractivity contribution is 7.92. The molecule has 1 N–H and O–H groups in total. The molecular formula is C23H20N4O3S. The van der Waals surface area contributed by atoms with Gasteiger partial charge in [-0.15, -0.1) is 0 Å². The van der Waals surface area contributed by atoms with Crippen LogP contribution in [0.3, 0.4) is 0 Å². The molecule has 0 radical (unpaired) electrons. The van der Waals surface area contributed by atoms with Crippen molar-refractivity contribution in [1.29, 1.82) is 0 Å². The minimum atomic E-state index is -3.65. The van der Waals surface area contributed by atoms with Gasteiger partial charge in [0.1, 0.15) is 5.78 Å². The van der Waals surface area contributed by atoms with Crippen molar-refractivity contribution < 1.29 is 13.2 Å². The van der Waals surface area contributed by atoms with Crippen molar-refractivity contribution in [2.75, 3.05) is 4.72 Å². The number of hydrogen-bond donors (Lipinski definition) is 1. The zero-order chi connectivity index (χ0) is 21.4. The summed E-state index contributed by atoms with van der Waals surface area (Å²) in [7, 11) is -3.65. The smallest absolute Gasteiger partial charge is 0.261 e. The van der Waals surface area contributed by atoms with E-state index in [-0.39, 0.29) is 23.0 Å². The molecule has 156 valence electrons. The summed E-state index contributed by atoms with van der Waals surface area (Å²) in [6, 6.07) is 21.0.